The molecule has 1 aliphatic rings. The van der Waals surface area contributed by atoms with Gasteiger partial charge in [-0.2, -0.15) is 0 Å². The highest BCUT2D eigenvalue weighted by molar-refractivity contribution is 5.87. The van der Waals surface area contributed by atoms with Gasteiger partial charge in [0, 0.05) is 18.9 Å². The number of carbonyl (C=O) groups excluding carboxylic acids is 2. The van der Waals surface area contributed by atoms with Crippen molar-refractivity contribution >= 4 is 11.7 Å². The molecule has 0 aromatic rings. The molecular formula is C10H15NO2. The zero-order chi connectivity index (χ0) is 9.84. The monoisotopic (exact) mass is 181 g/mol. The van der Waals surface area contributed by atoms with Crippen LogP contribution in [0.2, 0.25) is 0 Å². The van der Waals surface area contributed by atoms with Crippen LogP contribution in [0.15, 0.2) is 12.7 Å². The Morgan fingerprint density at radius 3 is 2.92 bits per heavy atom. The van der Waals surface area contributed by atoms with Gasteiger partial charge in [-0.05, 0) is 18.4 Å². The molecule has 2 atom stereocenters. The van der Waals surface area contributed by atoms with Crippen LogP contribution in [0.1, 0.15) is 26.2 Å². The van der Waals surface area contributed by atoms with Crippen molar-refractivity contribution in [1.82, 2.24) is 5.32 Å². The summed E-state index contributed by atoms with van der Waals surface area (Å²) >= 11 is 0. The fourth-order valence-corrected chi connectivity index (χ4v) is 1.66. The summed E-state index contributed by atoms with van der Waals surface area (Å²) in [6.45, 7) is 5.38. The van der Waals surface area contributed by atoms with Crippen molar-refractivity contribution in [3.8, 4) is 0 Å². The highest BCUT2D eigenvalue weighted by Gasteiger charge is 2.26. The van der Waals surface area contributed by atoms with Gasteiger partial charge in [0.2, 0.25) is 5.91 Å². The van der Waals surface area contributed by atoms with Crippen LogP contribution in [-0.2, 0) is 9.59 Å². The highest BCUT2D eigenvalue weighted by Crippen LogP contribution is 2.21. The van der Waals surface area contributed by atoms with E-state index in [1.807, 2.05) is 6.92 Å². The summed E-state index contributed by atoms with van der Waals surface area (Å²) < 4.78 is 0. The van der Waals surface area contributed by atoms with Crippen LogP contribution in [0, 0.1) is 5.92 Å². The van der Waals surface area contributed by atoms with Crippen molar-refractivity contribution < 1.29 is 9.59 Å². The number of hydrogen-bond acceptors (Lipinski definition) is 2. The van der Waals surface area contributed by atoms with Crippen LogP contribution < -0.4 is 5.32 Å². The van der Waals surface area contributed by atoms with Crippen molar-refractivity contribution in [2.45, 2.75) is 32.2 Å². The van der Waals surface area contributed by atoms with Crippen molar-refractivity contribution in [1.29, 1.82) is 0 Å². The molecule has 0 saturated heterocycles. The maximum atomic E-state index is 11.0. The second-order valence-corrected chi connectivity index (χ2v) is 3.58. The molecule has 3 nitrogen and oxygen atoms in total. The summed E-state index contributed by atoms with van der Waals surface area (Å²) in [7, 11) is 0. The van der Waals surface area contributed by atoms with Crippen LogP contribution in [0.4, 0.5) is 0 Å². The van der Waals surface area contributed by atoms with E-state index < -0.39 is 0 Å². The fraction of sp³-hybridized carbons (Fsp3) is 0.600. The summed E-state index contributed by atoms with van der Waals surface area (Å²) in [5, 5.41) is 2.83. The van der Waals surface area contributed by atoms with Crippen LogP contribution in [0.25, 0.3) is 0 Å². The quantitative estimate of drug-likeness (QED) is 0.647. The standard InChI is InChI=1S/C10H15NO2/c1-3-10(13)11-9-5-4-8(12)6-7(9)2/h3,7,9H,1,4-6H2,2H3,(H,11,13). The molecule has 1 saturated carbocycles. The fourth-order valence-electron chi connectivity index (χ4n) is 1.66. The molecule has 72 valence electrons. The summed E-state index contributed by atoms with van der Waals surface area (Å²) in [6, 6.07) is 0.142. The molecule has 0 aromatic carbocycles. The Morgan fingerprint density at radius 1 is 1.69 bits per heavy atom. The minimum absolute atomic E-state index is 0.142. The predicted molar refractivity (Wildman–Crippen MR) is 50.1 cm³/mol. The van der Waals surface area contributed by atoms with Gasteiger partial charge in [0.05, 0.1) is 0 Å². The molecule has 0 heterocycles. The zero-order valence-corrected chi connectivity index (χ0v) is 7.88. The minimum atomic E-state index is -0.147. The first-order valence-corrected chi connectivity index (χ1v) is 4.58. The average molecular weight is 181 g/mol. The van der Waals surface area contributed by atoms with Gasteiger partial charge in [-0.3, -0.25) is 9.59 Å². The van der Waals surface area contributed by atoms with Gasteiger partial charge in [-0.1, -0.05) is 13.5 Å². The third kappa shape index (κ3) is 2.68. The smallest absolute Gasteiger partial charge is 0.243 e. The lowest BCUT2D eigenvalue weighted by Gasteiger charge is -2.28. The Labute approximate surface area is 78.2 Å². The van der Waals surface area contributed by atoms with Gasteiger partial charge in [-0.15, -0.1) is 0 Å². The van der Waals surface area contributed by atoms with E-state index in [9.17, 15) is 9.59 Å². The Morgan fingerprint density at radius 2 is 2.38 bits per heavy atom. The number of amides is 1. The first-order valence-electron chi connectivity index (χ1n) is 4.58. The van der Waals surface area contributed by atoms with E-state index in [2.05, 4.69) is 11.9 Å². The van der Waals surface area contributed by atoms with Crippen molar-refractivity contribution in [3.05, 3.63) is 12.7 Å². The van der Waals surface area contributed by atoms with Crippen molar-refractivity contribution in [2.75, 3.05) is 0 Å². The van der Waals surface area contributed by atoms with E-state index in [0.717, 1.165) is 6.42 Å². The lowest BCUT2D eigenvalue weighted by molar-refractivity contribution is -0.124. The number of Topliss-reactive ketones (excluding diaryl/α,β-unsaturated/α-hetero) is 1. The Kier molecular flexibility index (Phi) is 3.23. The second-order valence-electron chi connectivity index (χ2n) is 3.58. The van der Waals surface area contributed by atoms with E-state index in [-0.39, 0.29) is 17.9 Å². The van der Waals surface area contributed by atoms with Gasteiger partial charge in [0.15, 0.2) is 0 Å². The molecule has 3 heteroatoms. The molecule has 1 rings (SSSR count). The van der Waals surface area contributed by atoms with E-state index >= 15 is 0 Å². The number of nitrogens with one attached hydrogen (secondary N) is 1. The molecular weight excluding hydrogens is 166 g/mol. The molecule has 2 unspecified atom stereocenters. The minimum Gasteiger partial charge on any atom is -0.350 e. The summed E-state index contributed by atoms with van der Waals surface area (Å²) in [5.41, 5.74) is 0. The lowest BCUT2D eigenvalue weighted by Crippen LogP contribution is -2.42. The second kappa shape index (κ2) is 4.21. The molecule has 0 radical (unpaired) electrons. The van der Waals surface area contributed by atoms with Gasteiger partial charge in [-0.25, -0.2) is 0 Å². The maximum Gasteiger partial charge on any atom is 0.243 e. The van der Waals surface area contributed by atoms with E-state index in [1.165, 1.54) is 6.08 Å². The van der Waals surface area contributed by atoms with Gasteiger partial charge < -0.3 is 5.32 Å². The number of rotatable bonds is 2. The molecule has 0 aliphatic heterocycles. The van der Waals surface area contributed by atoms with Crippen LogP contribution in [-0.4, -0.2) is 17.7 Å². The third-order valence-corrected chi connectivity index (χ3v) is 2.48. The normalized spacial score (nSPS) is 28.2. The maximum absolute atomic E-state index is 11.0. The Balaban J connectivity index is 2.46. The Bertz CT molecular complexity index is 235. The largest absolute Gasteiger partial charge is 0.350 e. The molecule has 1 N–H and O–H groups in total. The molecule has 1 amide bonds. The number of carbonyl (C=O) groups is 2. The van der Waals surface area contributed by atoms with Gasteiger partial charge in [0.25, 0.3) is 0 Å². The molecule has 0 aromatic heterocycles. The van der Waals surface area contributed by atoms with Crippen molar-refractivity contribution in [2.24, 2.45) is 5.92 Å². The third-order valence-electron chi connectivity index (χ3n) is 2.48. The summed E-state index contributed by atoms with van der Waals surface area (Å²) in [4.78, 5) is 22.0. The first-order chi connectivity index (χ1) is 6.13. The van der Waals surface area contributed by atoms with Crippen LogP contribution in [0.5, 0.6) is 0 Å². The SMILES string of the molecule is C=CC(=O)NC1CCC(=O)CC1C. The predicted octanol–water partition coefficient (Wildman–Crippen LogP) is 1.05. The summed E-state index contributed by atoms with van der Waals surface area (Å²) in [6.07, 6.45) is 3.21. The average Bonchev–Trinajstić information content (AvgIpc) is 2.09. The first kappa shape index (κ1) is 9.96. The van der Waals surface area contributed by atoms with Crippen LogP contribution in [0.3, 0.4) is 0 Å². The van der Waals surface area contributed by atoms with Crippen LogP contribution >= 0.6 is 0 Å². The summed E-state index contributed by atoms with van der Waals surface area (Å²) in [5.74, 6) is 0.410. The molecule has 1 aliphatic carbocycles. The zero-order valence-electron chi connectivity index (χ0n) is 7.88. The van der Waals surface area contributed by atoms with Crippen molar-refractivity contribution in [3.63, 3.8) is 0 Å². The van der Waals surface area contributed by atoms with Gasteiger partial charge >= 0.3 is 0 Å². The number of ketones is 1. The molecule has 1 fully saturated rings. The van der Waals surface area contributed by atoms with E-state index in [0.29, 0.717) is 18.6 Å². The molecule has 0 spiro atoms. The van der Waals surface area contributed by atoms with E-state index in [1.54, 1.807) is 0 Å². The van der Waals surface area contributed by atoms with Gasteiger partial charge in [0.1, 0.15) is 5.78 Å². The lowest BCUT2D eigenvalue weighted by atomic mass is 9.85. The Hall–Kier alpha value is -1.12. The number of hydrogen-bond donors (Lipinski definition) is 1. The molecule has 0 bridgehead atoms. The highest BCUT2D eigenvalue weighted by atomic mass is 16.1. The van der Waals surface area contributed by atoms with E-state index in [4.69, 9.17) is 0 Å². The molecule has 13 heavy (non-hydrogen) atoms. The topological polar surface area (TPSA) is 46.2 Å².